The van der Waals surface area contributed by atoms with E-state index in [1.54, 1.807) is 42.5 Å². The molecular weight excluding hydrogens is 356 g/mol. The average molecular weight is 375 g/mol. The molecule has 0 saturated heterocycles. The molecule has 1 aliphatic heterocycles. The molecule has 2 aromatic carbocycles. The van der Waals surface area contributed by atoms with Crippen molar-refractivity contribution >= 4 is 29.1 Å². The lowest BCUT2D eigenvalue weighted by Gasteiger charge is -2.22. The van der Waals surface area contributed by atoms with Gasteiger partial charge in [-0.3, -0.25) is 9.59 Å². The summed E-state index contributed by atoms with van der Waals surface area (Å²) in [6, 6.07) is 11.0. The van der Waals surface area contributed by atoms with Gasteiger partial charge in [0.1, 0.15) is 6.04 Å². The Labute approximate surface area is 156 Å². The zero-order valence-corrected chi connectivity index (χ0v) is 15.2. The lowest BCUT2D eigenvalue weighted by atomic mass is 10.0. The maximum atomic E-state index is 12.7. The van der Waals surface area contributed by atoms with Gasteiger partial charge in [0.2, 0.25) is 12.7 Å². The van der Waals surface area contributed by atoms with Crippen molar-refractivity contribution in [1.82, 2.24) is 5.32 Å². The number of halogens is 1. The Kier molecular flexibility index (Phi) is 5.32. The first kappa shape index (κ1) is 18.1. The van der Waals surface area contributed by atoms with Crippen LogP contribution < -0.4 is 20.1 Å². The highest BCUT2D eigenvalue weighted by Gasteiger charge is 2.25. The molecule has 7 heteroatoms. The lowest BCUT2D eigenvalue weighted by molar-refractivity contribution is -0.118. The highest BCUT2D eigenvalue weighted by molar-refractivity contribution is 6.30. The molecule has 1 atom stereocenters. The smallest absolute Gasteiger partial charge is 0.251 e. The van der Waals surface area contributed by atoms with Gasteiger partial charge in [-0.2, -0.15) is 0 Å². The molecule has 0 spiro atoms. The van der Waals surface area contributed by atoms with Gasteiger partial charge in [0.15, 0.2) is 11.5 Å². The number of nitrogens with one attached hydrogen (secondary N) is 2. The van der Waals surface area contributed by atoms with Crippen molar-refractivity contribution in [3.63, 3.8) is 0 Å². The highest BCUT2D eigenvalue weighted by atomic mass is 35.5. The van der Waals surface area contributed by atoms with Crippen LogP contribution in [0.4, 0.5) is 5.69 Å². The third-order valence-electron chi connectivity index (χ3n) is 3.98. The molecule has 0 bridgehead atoms. The van der Waals surface area contributed by atoms with Crippen molar-refractivity contribution in [2.45, 2.75) is 19.9 Å². The second-order valence-electron chi connectivity index (χ2n) is 6.26. The summed E-state index contributed by atoms with van der Waals surface area (Å²) in [5.74, 6) is 0.483. The molecule has 0 saturated carbocycles. The summed E-state index contributed by atoms with van der Waals surface area (Å²) in [5, 5.41) is 6.13. The van der Waals surface area contributed by atoms with E-state index in [-0.39, 0.29) is 24.5 Å². The van der Waals surface area contributed by atoms with E-state index in [1.807, 2.05) is 13.8 Å². The molecule has 26 heavy (non-hydrogen) atoms. The van der Waals surface area contributed by atoms with E-state index in [2.05, 4.69) is 10.6 Å². The van der Waals surface area contributed by atoms with Gasteiger partial charge in [0.25, 0.3) is 5.91 Å². The number of carbonyl (C=O) groups is 2. The number of ether oxygens (including phenoxy) is 2. The van der Waals surface area contributed by atoms with Crippen molar-refractivity contribution in [1.29, 1.82) is 0 Å². The summed E-state index contributed by atoms with van der Waals surface area (Å²) in [7, 11) is 0. The van der Waals surface area contributed by atoms with E-state index >= 15 is 0 Å². The number of benzene rings is 2. The summed E-state index contributed by atoms with van der Waals surface area (Å²) in [5.41, 5.74) is 1.02. The van der Waals surface area contributed by atoms with E-state index < -0.39 is 6.04 Å². The molecule has 2 aromatic rings. The zero-order chi connectivity index (χ0) is 18.7. The molecule has 2 amide bonds. The van der Waals surface area contributed by atoms with E-state index in [4.69, 9.17) is 21.1 Å². The molecule has 0 aliphatic carbocycles. The first-order valence-corrected chi connectivity index (χ1v) is 8.59. The number of rotatable bonds is 5. The molecule has 6 nitrogen and oxygen atoms in total. The Bertz CT molecular complexity index is 821. The predicted octanol–water partition coefficient (Wildman–Crippen LogP) is 3.46. The Hall–Kier alpha value is -2.73. The van der Waals surface area contributed by atoms with Crippen LogP contribution in [-0.4, -0.2) is 24.6 Å². The Balaban J connectivity index is 1.69. The molecular formula is C19H19ClN2O4. The summed E-state index contributed by atoms with van der Waals surface area (Å²) < 4.78 is 10.6. The highest BCUT2D eigenvalue weighted by Crippen LogP contribution is 2.34. The summed E-state index contributed by atoms with van der Waals surface area (Å²) in [6.45, 7) is 3.90. The first-order valence-electron chi connectivity index (χ1n) is 8.21. The third kappa shape index (κ3) is 4.08. The molecule has 0 radical (unpaired) electrons. The Morgan fingerprint density at radius 3 is 2.42 bits per heavy atom. The molecule has 3 rings (SSSR count). The molecule has 1 heterocycles. The number of hydrogen-bond acceptors (Lipinski definition) is 4. The van der Waals surface area contributed by atoms with Crippen LogP contribution >= 0.6 is 11.6 Å². The molecule has 1 aliphatic rings. The third-order valence-corrected chi connectivity index (χ3v) is 4.23. The van der Waals surface area contributed by atoms with Gasteiger partial charge in [-0.25, -0.2) is 0 Å². The van der Waals surface area contributed by atoms with Crippen molar-refractivity contribution in [2.75, 3.05) is 12.1 Å². The van der Waals surface area contributed by atoms with Crippen LogP contribution in [0, 0.1) is 5.92 Å². The molecule has 136 valence electrons. The van der Waals surface area contributed by atoms with Gasteiger partial charge in [-0.15, -0.1) is 0 Å². The number of anilines is 1. The predicted molar refractivity (Wildman–Crippen MR) is 98.7 cm³/mol. The molecule has 0 fully saturated rings. The van der Waals surface area contributed by atoms with Crippen molar-refractivity contribution in [3.8, 4) is 11.5 Å². The van der Waals surface area contributed by atoms with Crippen LogP contribution in [0.1, 0.15) is 24.2 Å². The van der Waals surface area contributed by atoms with Gasteiger partial charge < -0.3 is 20.1 Å². The minimum Gasteiger partial charge on any atom is -0.454 e. The first-order chi connectivity index (χ1) is 12.4. The Morgan fingerprint density at radius 1 is 1.04 bits per heavy atom. The van der Waals surface area contributed by atoms with E-state index in [0.29, 0.717) is 27.8 Å². The zero-order valence-electron chi connectivity index (χ0n) is 14.4. The van der Waals surface area contributed by atoms with Crippen LogP contribution in [0.15, 0.2) is 42.5 Å². The van der Waals surface area contributed by atoms with Crippen LogP contribution in [0.2, 0.25) is 5.02 Å². The lowest BCUT2D eigenvalue weighted by Crippen LogP contribution is -2.47. The van der Waals surface area contributed by atoms with E-state index in [0.717, 1.165) is 0 Å². The quantitative estimate of drug-likeness (QED) is 0.840. The SMILES string of the molecule is CC(C)[C@@H](NC(=O)c1ccc(Cl)cc1)C(=O)Nc1ccc2c(c1)OCO2. The summed E-state index contributed by atoms with van der Waals surface area (Å²) in [6.07, 6.45) is 0. The largest absolute Gasteiger partial charge is 0.454 e. The topological polar surface area (TPSA) is 76.7 Å². The van der Waals surface area contributed by atoms with Crippen LogP contribution in [0.3, 0.4) is 0 Å². The minimum atomic E-state index is -0.691. The van der Waals surface area contributed by atoms with Crippen molar-refractivity contribution in [3.05, 3.63) is 53.1 Å². The monoisotopic (exact) mass is 374 g/mol. The maximum absolute atomic E-state index is 12.7. The van der Waals surface area contributed by atoms with E-state index in [9.17, 15) is 9.59 Å². The number of amides is 2. The van der Waals surface area contributed by atoms with Gasteiger partial charge in [-0.05, 0) is 42.3 Å². The minimum absolute atomic E-state index is 0.0970. The van der Waals surface area contributed by atoms with Gasteiger partial charge in [-0.1, -0.05) is 25.4 Å². The number of hydrogen-bond donors (Lipinski definition) is 2. The fourth-order valence-electron chi connectivity index (χ4n) is 2.56. The fourth-order valence-corrected chi connectivity index (χ4v) is 2.68. The molecule has 0 unspecified atom stereocenters. The maximum Gasteiger partial charge on any atom is 0.251 e. The standard InChI is InChI=1S/C19H19ClN2O4/c1-11(2)17(22-18(23)12-3-5-13(20)6-4-12)19(24)21-14-7-8-15-16(9-14)26-10-25-15/h3-9,11,17H,10H2,1-2H3,(H,21,24)(H,22,23)/t17-/m1/s1. The molecule has 2 N–H and O–H groups in total. The normalized spacial score (nSPS) is 13.4. The second-order valence-corrected chi connectivity index (χ2v) is 6.70. The summed E-state index contributed by atoms with van der Waals surface area (Å²) in [4.78, 5) is 25.1. The fraction of sp³-hybridized carbons (Fsp3) is 0.263. The van der Waals surface area contributed by atoms with Gasteiger partial charge in [0, 0.05) is 22.3 Å². The average Bonchev–Trinajstić information content (AvgIpc) is 3.07. The van der Waals surface area contributed by atoms with E-state index in [1.165, 1.54) is 0 Å². The van der Waals surface area contributed by atoms with Crippen molar-refractivity contribution < 1.29 is 19.1 Å². The second kappa shape index (κ2) is 7.66. The summed E-state index contributed by atoms with van der Waals surface area (Å²) >= 11 is 5.84. The van der Waals surface area contributed by atoms with Gasteiger partial charge >= 0.3 is 0 Å². The van der Waals surface area contributed by atoms with Crippen LogP contribution in [0.5, 0.6) is 11.5 Å². The molecule has 0 aromatic heterocycles. The van der Waals surface area contributed by atoms with Crippen LogP contribution in [-0.2, 0) is 4.79 Å². The van der Waals surface area contributed by atoms with Crippen LogP contribution in [0.25, 0.3) is 0 Å². The van der Waals surface area contributed by atoms with Gasteiger partial charge in [0.05, 0.1) is 0 Å². The number of carbonyl (C=O) groups excluding carboxylic acids is 2. The van der Waals surface area contributed by atoms with Crippen molar-refractivity contribution in [2.24, 2.45) is 5.92 Å². The Morgan fingerprint density at radius 2 is 1.73 bits per heavy atom. The number of fused-ring (bicyclic) bond motifs is 1.